The molecule has 0 saturated heterocycles. The van der Waals surface area contributed by atoms with Crippen LogP contribution in [0.1, 0.15) is 11.1 Å². The van der Waals surface area contributed by atoms with Crippen molar-refractivity contribution in [1.29, 1.82) is 0 Å². The quantitative estimate of drug-likeness (QED) is 0.654. The maximum atomic E-state index is 12.0. The molecule has 25 heavy (non-hydrogen) atoms. The Kier molecular flexibility index (Phi) is 5.40. The number of amides is 1. The highest BCUT2D eigenvalue weighted by molar-refractivity contribution is 8.00. The zero-order valence-corrected chi connectivity index (χ0v) is 15.3. The predicted molar refractivity (Wildman–Crippen MR) is 100 cm³/mol. The van der Waals surface area contributed by atoms with E-state index in [1.165, 1.54) is 17.3 Å². The van der Waals surface area contributed by atoms with Gasteiger partial charge in [-0.25, -0.2) is 0 Å². The van der Waals surface area contributed by atoms with Gasteiger partial charge < -0.3 is 4.42 Å². The Balaban J connectivity index is 1.59. The molecule has 0 fully saturated rings. The number of hydrogen-bond acceptors (Lipinski definition) is 5. The van der Waals surface area contributed by atoms with E-state index in [1.807, 2.05) is 44.2 Å². The van der Waals surface area contributed by atoms with E-state index >= 15 is 0 Å². The minimum absolute atomic E-state index is 0.0925. The van der Waals surface area contributed by atoms with Gasteiger partial charge in [-0.15, -0.1) is 16.9 Å². The number of hydrogen-bond donors (Lipinski definition) is 1. The lowest BCUT2D eigenvalue weighted by Gasteiger charge is -2.02. The number of aromatic nitrogens is 2. The van der Waals surface area contributed by atoms with Gasteiger partial charge in [0, 0.05) is 15.5 Å². The Morgan fingerprint density at radius 2 is 1.88 bits per heavy atom. The van der Waals surface area contributed by atoms with Crippen molar-refractivity contribution < 1.29 is 9.21 Å². The summed E-state index contributed by atoms with van der Waals surface area (Å²) in [6.07, 6.45) is 0. The number of carbonyl (C=O) groups excluding carboxylic acids is 1. The monoisotopic (exact) mass is 373 g/mol. The van der Waals surface area contributed by atoms with Gasteiger partial charge in [0.15, 0.2) is 0 Å². The summed E-state index contributed by atoms with van der Waals surface area (Å²) in [6.45, 7) is 4.06. The van der Waals surface area contributed by atoms with Gasteiger partial charge in [-0.1, -0.05) is 22.8 Å². The van der Waals surface area contributed by atoms with Gasteiger partial charge in [0.25, 0.3) is 0 Å². The highest BCUT2D eigenvalue weighted by atomic mass is 35.5. The van der Waals surface area contributed by atoms with Gasteiger partial charge in [0.05, 0.1) is 5.75 Å². The summed E-state index contributed by atoms with van der Waals surface area (Å²) < 4.78 is 5.52. The minimum atomic E-state index is -0.213. The molecule has 1 aromatic heterocycles. The standard InChI is InChI=1S/C18H16ClN3O2S/c1-11-3-4-13(9-12(11)2)17-21-22-18(24-17)20-16(23)10-25-15-7-5-14(19)6-8-15/h3-9H,10H2,1-2H3,(H,20,22,23). The maximum Gasteiger partial charge on any atom is 0.322 e. The van der Waals surface area contributed by atoms with Crippen LogP contribution in [0, 0.1) is 13.8 Å². The van der Waals surface area contributed by atoms with Gasteiger partial charge >= 0.3 is 6.01 Å². The fraction of sp³-hybridized carbons (Fsp3) is 0.167. The van der Waals surface area contributed by atoms with E-state index in [4.69, 9.17) is 16.0 Å². The van der Waals surface area contributed by atoms with Crippen molar-refractivity contribution in [3.63, 3.8) is 0 Å². The van der Waals surface area contributed by atoms with Crippen molar-refractivity contribution in [3.8, 4) is 11.5 Å². The average Bonchev–Trinajstić information content (AvgIpc) is 3.05. The van der Waals surface area contributed by atoms with Crippen LogP contribution in [0.15, 0.2) is 51.8 Å². The molecule has 5 nitrogen and oxygen atoms in total. The van der Waals surface area contributed by atoms with E-state index < -0.39 is 0 Å². The third kappa shape index (κ3) is 4.61. The van der Waals surface area contributed by atoms with Crippen LogP contribution in [0.4, 0.5) is 6.01 Å². The highest BCUT2D eigenvalue weighted by Crippen LogP contribution is 2.23. The lowest BCUT2D eigenvalue weighted by molar-refractivity contribution is -0.113. The molecule has 1 N–H and O–H groups in total. The lowest BCUT2D eigenvalue weighted by atomic mass is 10.1. The largest absolute Gasteiger partial charge is 0.403 e. The molecule has 128 valence electrons. The Morgan fingerprint density at radius 1 is 1.12 bits per heavy atom. The number of benzene rings is 2. The summed E-state index contributed by atoms with van der Waals surface area (Å²) in [5, 5.41) is 11.1. The molecule has 0 aliphatic rings. The molecule has 3 rings (SSSR count). The highest BCUT2D eigenvalue weighted by Gasteiger charge is 2.12. The fourth-order valence-electron chi connectivity index (χ4n) is 2.10. The summed E-state index contributed by atoms with van der Waals surface area (Å²) >= 11 is 7.24. The first kappa shape index (κ1) is 17.5. The SMILES string of the molecule is Cc1ccc(-c2nnc(NC(=O)CSc3ccc(Cl)cc3)o2)cc1C. The number of nitrogens with zero attached hydrogens (tertiary/aromatic N) is 2. The van der Waals surface area contributed by atoms with Crippen LogP contribution in [0.2, 0.25) is 5.02 Å². The topological polar surface area (TPSA) is 68.0 Å². The molecule has 0 aliphatic carbocycles. The van der Waals surface area contributed by atoms with Crippen molar-refractivity contribution in [1.82, 2.24) is 10.2 Å². The van der Waals surface area contributed by atoms with Gasteiger partial charge in [-0.2, -0.15) is 0 Å². The number of halogens is 1. The summed E-state index contributed by atoms with van der Waals surface area (Å²) in [4.78, 5) is 13.0. The molecule has 0 spiro atoms. The Hall–Kier alpha value is -2.31. The van der Waals surface area contributed by atoms with E-state index in [-0.39, 0.29) is 17.7 Å². The Bertz CT molecular complexity index is 894. The van der Waals surface area contributed by atoms with E-state index in [1.54, 1.807) is 12.1 Å². The maximum absolute atomic E-state index is 12.0. The zero-order valence-electron chi connectivity index (χ0n) is 13.7. The van der Waals surface area contributed by atoms with Crippen LogP contribution in [-0.4, -0.2) is 21.9 Å². The minimum Gasteiger partial charge on any atom is -0.403 e. The van der Waals surface area contributed by atoms with Crippen molar-refractivity contribution in [2.24, 2.45) is 0 Å². The number of rotatable bonds is 5. The van der Waals surface area contributed by atoms with Gasteiger partial charge in [0.2, 0.25) is 11.8 Å². The van der Waals surface area contributed by atoms with Crippen LogP contribution in [0.5, 0.6) is 0 Å². The normalized spacial score (nSPS) is 10.7. The molecule has 0 atom stereocenters. The molecule has 0 bridgehead atoms. The first-order chi connectivity index (χ1) is 12.0. The van der Waals surface area contributed by atoms with Crippen LogP contribution >= 0.6 is 23.4 Å². The molecule has 0 saturated carbocycles. The number of carbonyl (C=O) groups is 1. The first-order valence-corrected chi connectivity index (χ1v) is 8.97. The molecular weight excluding hydrogens is 358 g/mol. The lowest BCUT2D eigenvalue weighted by Crippen LogP contribution is -2.14. The molecule has 1 amide bonds. The second kappa shape index (κ2) is 7.72. The van der Waals surface area contributed by atoms with Crippen LogP contribution in [0.25, 0.3) is 11.5 Å². The second-order valence-electron chi connectivity index (χ2n) is 5.50. The number of thioether (sulfide) groups is 1. The van der Waals surface area contributed by atoms with Gasteiger partial charge in [-0.05, 0) is 61.4 Å². The van der Waals surface area contributed by atoms with E-state index in [2.05, 4.69) is 15.5 Å². The third-order valence-corrected chi connectivity index (χ3v) is 4.87. The molecule has 2 aromatic carbocycles. The molecule has 7 heteroatoms. The molecule has 0 aliphatic heterocycles. The molecule has 3 aromatic rings. The van der Waals surface area contributed by atoms with Gasteiger partial charge in [-0.3, -0.25) is 10.1 Å². The second-order valence-corrected chi connectivity index (χ2v) is 6.99. The fourth-order valence-corrected chi connectivity index (χ4v) is 2.92. The number of aryl methyl sites for hydroxylation is 2. The van der Waals surface area contributed by atoms with Gasteiger partial charge in [0.1, 0.15) is 0 Å². The Labute approximate surface area is 154 Å². The molecular formula is C18H16ClN3O2S. The number of nitrogens with one attached hydrogen (secondary N) is 1. The van der Waals surface area contributed by atoms with Crippen LogP contribution in [0.3, 0.4) is 0 Å². The van der Waals surface area contributed by atoms with Crippen molar-refractivity contribution in [3.05, 3.63) is 58.6 Å². The van der Waals surface area contributed by atoms with E-state index in [0.29, 0.717) is 10.9 Å². The zero-order chi connectivity index (χ0) is 17.8. The predicted octanol–water partition coefficient (Wildman–Crippen LogP) is 4.74. The van der Waals surface area contributed by atoms with Crippen LogP contribution in [-0.2, 0) is 4.79 Å². The van der Waals surface area contributed by atoms with Crippen molar-refractivity contribution in [2.45, 2.75) is 18.7 Å². The smallest absolute Gasteiger partial charge is 0.322 e. The molecule has 0 radical (unpaired) electrons. The van der Waals surface area contributed by atoms with E-state index in [0.717, 1.165) is 16.0 Å². The van der Waals surface area contributed by atoms with Crippen molar-refractivity contribution >= 4 is 35.3 Å². The van der Waals surface area contributed by atoms with Crippen LogP contribution < -0.4 is 5.32 Å². The summed E-state index contributed by atoms with van der Waals surface area (Å²) in [7, 11) is 0. The Morgan fingerprint density at radius 3 is 2.60 bits per heavy atom. The molecule has 0 unspecified atom stereocenters. The average molecular weight is 374 g/mol. The summed E-state index contributed by atoms with van der Waals surface area (Å²) in [6, 6.07) is 13.3. The first-order valence-electron chi connectivity index (χ1n) is 7.60. The summed E-state index contributed by atoms with van der Waals surface area (Å²) in [5.41, 5.74) is 3.16. The molecule has 1 heterocycles. The van der Waals surface area contributed by atoms with Crippen molar-refractivity contribution in [2.75, 3.05) is 11.1 Å². The van der Waals surface area contributed by atoms with E-state index in [9.17, 15) is 4.79 Å². The third-order valence-electron chi connectivity index (χ3n) is 3.61. The number of anilines is 1. The summed E-state index contributed by atoms with van der Waals surface area (Å²) in [5.74, 6) is 0.405.